The molecule has 0 radical (unpaired) electrons. The fourth-order valence-electron chi connectivity index (χ4n) is 3.72. The summed E-state index contributed by atoms with van der Waals surface area (Å²) in [5.41, 5.74) is 5.22. The van der Waals surface area contributed by atoms with Crippen molar-refractivity contribution in [3.63, 3.8) is 0 Å². The van der Waals surface area contributed by atoms with Gasteiger partial charge in [0.1, 0.15) is 11.4 Å². The lowest BCUT2D eigenvalue weighted by Gasteiger charge is -2.23. The molecular weight excluding hydrogens is 392 g/mol. The lowest BCUT2D eigenvalue weighted by Crippen LogP contribution is -2.27. The van der Waals surface area contributed by atoms with Gasteiger partial charge in [-0.15, -0.1) is 0 Å². The lowest BCUT2D eigenvalue weighted by molar-refractivity contribution is 0.415. The monoisotopic (exact) mass is 416 g/mol. The number of hydrogen-bond acceptors (Lipinski definition) is 5. The van der Waals surface area contributed by atoms with Crippen LogP contribution in [-0.4, -0.2) is 53.2 Å². The summed E-state index contributed by atoms with van der Waals surface area (Å²) in [5.74, 6) is 0.689. The third-order valence-corrected chi connectivity index (χ3v) is 6.47. The second-order valence-corrected chi connectivity index (χ2v) is 8.32. The minimum absolute atomic E-state index is 0.601. The van der Waals surface area contributed by atoms with Crippen LogP contribution in [-0.2, 0) is 0 Å². The van der Waals surface area contributed by atoms with Gasteiger partial charge < -0.3 is 14.0 Å². The van der Waals surface area contributed by atoms with Crippen molar-refractivity contribution in [3.8, 4) is 17.0 Å². The quantitative estimate of drug-likeness (QED) is 0.572. The first-order chi connectivity index (χ1) is 13.6. The van der Waals surface area contributed by atoms with E-state index in [1.807, 2.05) is 24.1 Å². The average Bonchev–Trinajstić information content (AvgIpc) is 2.97. The molecule has 3 heterocycles. The molecule has 0 saturated carbocycles. The van der Waals surface area contributed by atoms with Gasteiger partial charge >= 0.3 is 0 Å². The number of aromatic nitrogens is 2. The largest absolute Gasteiger partial charge is 0.495 e. The van der Waals surface area contributed by atoms with Crippen LogP contribution in [0.1, 0.15) is 12.0 Å². The molecule has 4 rings (SSSR count). The van der Waals surface area contributed by atoms with E-state index in [-0.39, 0.29) is 0 Å². The SMILES string of the molecule is COc1cc(C)c(-c2cn3ccc(N4CCCN(SC)CC4)cc3n2)cc1Cl. The van der Waals surface area contributed by atoms with Gasteiger partial charge in [-0.3, -0.25) is 0 Å². The molecule has 1 aliphatic rings. The average molecular weight is 417 g/mol. The standard InChI is InChI=1S/C21H25ClN4OS/c1-15-11-20(27-2)18(22)13-17(15)19-14-25-8-5-16(12-21(25)23-19)24-6-4-7-26(28-3)10-9-24/h5,8,11-14H,4,6-7,9-10H2,1-3H3. The molecule has 1 aliphatic heterocycles. The highest BCUT2D eigenvalue weighted by Gasteiger charge is 2.16. The van der Waals surface area contributed by atoms with Crippen molar-refractivity contribution in [2.24, 2.45) is 0 Å². The van der Waals surface area contributed by atoms with Gasteiger partial charge in [0.25, 0.3) is 0 Å². The number of methoxy groups -OCH3 is 1. The van der Waals surface area contributed by atoms with E-state index >= 15 is 0 Å². The molecule has 0 unspecified atom stereocenters. The molecule has 0 N–H and O–H groups in total. The number of nitrogens with zero attached hydrogens (tertiary/aromatic N) is 4. The van der Waals surface area contributed by atoms with Gasteiger partial charge in [-0.25, -0.2) is 9.29 Å². The van der Waals surface area contributed by atoms with E-state index in [1.165, 1.54) is 12.1 Å². The third-order valence-electron chi connectivity index (χ3n) is 5.30. The van der Waals surface area contributed by atoms with E-state index in [1.54, 1.807) is 7.11 Å². The molecule has 148 valence electrons. The molecule has 0 spiro atoms. The summed E-state index contributed by atoms with van der Waals surface area (Å²) in [6.07, 6.45) is 7.48. The van der Waals surface area contributed by atoms with E-state index in [0.29, 0.717) is 10.8 Å². The Kier molecular flexibility index (Phi) is 5.71. The highest BCUT2D eigenvalue weighted by molar-refractivity contribution is 7.96. The number of aryl methyl sites for hydroxylation is 1. The summed E-state index contributed by atoms with van der Waals surface area (Å²) in [6, 6.07) is 8.26. The molecule has 1 aromatic carbocycles. The topological polar surface area (TPSA) is 33.0 Å². The number of imidazole rings is 1. The Labute approximate surface area is 175 Å². The maximum absolute atomic E-state index is 6.34. The highest BCUT2D eigenvalue weighted by Crippen LogP contribution is 2.33. The minimum atomic E-state index is 0.601. The number of pyridine rings is 1. The van der Waals surface area contributed by atoms with Gasteiger partial charge in [-0.2, -0.15) is 0 Å². The molecule has 3 aromatic rings. The third kappa shape index (κ3) is 3.81. The number of benzene rings is 1. The zero-order valence-electron chi connectivity index (χ0n) is 16.5. The van der Waals surface area contributed by atoms with Crippen LogP contribution in [0.2, 0.25) is 5.02 Å². The summed E-state index contributed by atoms with van der Waals surface area (Å²) >= 11 is 8.18. The van der Waals surface area contributed by atoms with E-state index < -0.39 is 0 Å². The van der Waals surface area contributed by atoms with Gasteiger partial charge in [-0.05, 0) is 43.4 Å². The van der Waals surface area contributed by atoms with Gasteiger partial charge in [0, 0.05) is 55.9 Å². The fourth-order valence-corrected chi connectivity index (χ4v) is 4.54. The molecule has 0 atom stereocenters. The molecule has 28 heavy (non-hydrogen) atoms. The van der Waals surface area contributed by atoms with Gasteiger partial charge in [0.15, 0.2) is 0 Å². The molecule has 0 aliphatic carbocycles. The Morgan fingerprint density at radius 2 is 2.00 bits per heavy atom. The number of ether oxygens (including phenoxy) is 1. The molecule has 5 nitrogen and oxygen atoms in total. The number of fused-ring (bicyclic) bond motifs is 1. The van der Waals surface area contributed by atoms with Crippen LogP contribution >= 0.6 is 23.5 Å². The maximum atomic E-state index is 6.34. The van der Waals surface area contributed by atoms with E-state index in [4.69, 9.17) is 21.3 Å². The predicted octanol–water partition coefficient (Wildman–Crippen LogP) is 4.76. The predicted molar refractivity (Wildman–Crippen MR) is 119 cm³/mol. The van der Waals surface area contributed by atoms with Crippen molar-refractivity contribution in [2.75, 3.05) is 44.4 Å². The molecule has 0 bridgehead atoms. The zero-order valence-corrected chi connectivity index (χ0v) is 18.1. The number of rotatable bonds is 4. The van der Waals surface area contributed by atoms with E-state index in [9.17, 15) is 0 Å². The molecule has 2 aromatic heterocycles. The Bertz CT molecular complexity index is 990. The van der Waals surface area contributed by atoms with Crippen LogP contribution in [0.5, 0.6) is 5.75 Å². The first-order valence-corrected chi connectivity index (χ1v) is 11.0. The summed E-state index contributed by atoms with van der Waals surface area (Å²) < 4.78 is 9.82. The van der Waals surface area contributed by atoms with Crippen molar-refractivity contribution >= 4 is 34.9 Å². The summed E-state index contributed by atoms with van der Waals surface area (Å²) in [4.78, 5) is 7.33. The second-order valence-electron chi connectivity index (χ2n) is 7.03. The van der Waals surface area contributed by atoms with Crippen molar-refractivity contribution in [1.82, 2.24) is 13.7 Å². The van der Waals surface area contributed by atoms with Crippen molar-refractivity contribution in [1.29, 1.82) is 0 Å². The fraction of sp³-hybridized carbons (Fsp3) is 0.381. The molecule has 1 saturated heterocycles. The van der Waals surface area contributed by atoms with E-state index in [2.05, 4.69) is 51.3 Å². The van der Waals surface area contributed by atoms with Gasteiger partial charge in [-0.1, -0.05) is 23.5 Å². The first-order valence-electron chi connectivity index (χ1n) is 9.46. The zero-order chi connectivity index (χ0) is 19.7. The summed E-state index contributed by atoms with van der Waals surface area (Å²) in [5, 5.41) is 0.601. The minimum Gasteiger partial charge on any atom is -0.495 e. The van der Waals surface area contributed by atoms with Crippen molar-refractivity contribution < 1.29 is 4.74 Å². The van der Waals surface area contributed by atoms with Crippen LogP contribution in [0.4, 0.5) is 5.69 Å². The molecule has 7 heteroatoms. The smallest absolute Gasteiger partial charge is 0.139 e. The molecular formula is C21H25ClN4OS. The van der Waals surface area contributed by atoms with Crippen LogP contribution in [0, 0.1) is 6.92 Å². The Hall–Kier alpha value is -1.89. The van der Waals surface area contributed by atoms with Crippen LogP contribution in [0.3, 0.4) is 0 Å². The number of halogens is 1. The second kappa shape index (κ2) is 8.23. The lowest BCUT2D eigenvalue weighted by atomic mass is 10.1. The van der Waals surface area contributed by atoms with Crippen LogP contribution in [0.25, 0.3) is 16.9 Å². The van der Waals surface area contributed by atoms with E-state index in [0.717, 1.165) is 48.6 Å². The summed E-state index contributed by atoms with van der Waals surface area (Å²) in [6.45, 7) is 6.39. The summed E-state index contributed by atoms with van der Waals surface area (Å²) in [7, 11) is 1.63. The van der Waals surface area contributed by atoms with Crippen LogP contribution in [0.15, 0.2) is 36.7 Å². The Balaban J connectivity index is 1.65. The normalized spacial score (nSPS) is 15.8. The molecule has 0 amide bonds. The van der Waals surface area contributed by atoms with Crippen molar-refractivity contribution in [2.45, 2.75) is 13.3 Å². The maximum Gasteiger partial charge on any atom is 0.139 e. The Morgan fingerprint density at radius 1 is 1.14 bits per heavy atom. The highest BCUT2D eigenvalue weighted by atomic mass is 35.5. The van der Waals surface area contributed by atoms with Crippen LogP contribution < -0.4 is 9.64 Å². The number of anilines is 1. The molecule has 1 fully saturated rings. The Morgan fingerprint density at radius 3 is 2.79 bits per heavy atom. The number of hydrogen-bond donors (Lipinski definition) is 0. The van der Waals surface area contributed by atoms with Crippen molar-refractivity contribution in [3.05, 3.63) is 47.2 Å². The van der Waals surface area contributed by atoms with Gasteiger partial charge in [0.2, 0.25) is 0 Å². The first kappa shape index (κ1) is 19.4. The van der Waals surface area contributed by atoms with Gasteiger partial charge in [0.05, 0.1) is 17.8 Å².